The maximum Gasteiger partial charge on any atom is 0.262 e. The molecule has 1 aromatic carbocycles. The Bertz CT molecular complexity index is 779. The molecule has 2 amide bonds. The first-order valence-corrected chi connectivity index (χ1v) is 10.8. The molecule has 6 heteroatoms. The van der Waals surface area contributed by atoms with Gasteiger partial charge in [-0.2, -0.15) is 0 Å². The van der Waals surface area contributed by atoms with Crippen molar-refractivity contribution in [3.05, 3.63) is 46.7 Å². The third kappa shape index (κ3) is 5.13. The number of amides is 2. The fraction of sp³-hybridized carbons (Fsp3) is 0.455. The number of nitrogens with one attached hydrogen (secondary N) is 2. The molecule has 2 N–H and O–H groups in total. The monoisotopic (exact) mass is 399 g/mol. The predicted octanol–water partition coefficient (Wildman–Crippen LogP) is 4.38. The number of hydrogen-bond acceptors (Lipinski definition) is 4. The van der Waals surface area contributed by atoms with Crippen LogP contribution in [0.4, 0.5) is 11.4 Å². The van der Waals surface area contributed by atoms with E-state index in [1.165, 1.54) is 29.9 Å². The van der Waals surface area contributed by atoms with Gasteiger partial charge in [0.15, 0.2) is 0 Å². The van der Waals surface area contributed by atoms with Gasteiger partial charge in [-0.25, -0.2) is 0 Å². The number of nitrogens with zero attached hydrogens (tertiary/aromatic N) is 1. The number of benzene rings is 1. The second-order valence-corrected chi connectivity index (χ2v) is 8.83. The lowest BCUT2D eigenvalue weighted by Crippen LogP contribution is -2.46. The normalized spacial score (nSPS) is 16.1. The molecule has 3 rings (SSSR count). The topological polar surface area (TPSA) is 61.4 Å². The zero-order valence-corrected chi connectivity index (χ0v) is 17.6. The quantitative estimate of drug-likeness (QED) is 0.758. The molecule has 0 saturated carbocycles. The van der Waals surface area contributed by atoms with Crippen LogP contribution in [0.3, 0.4) is 0 Å². The lowest BCUT2D eigenvalue weighted by atomic mass is 9.99. The van der Waals surface area contributed by atoms with E-state index in [0.717, 1.165) is 24.7 Å². The van der Waals surface area contributed by atoms with Crippen LogP contribution in [-0.2, 0) is 4.79 Å². The van der Waals surface area contributed by atoms with Crippen molar-refractivity contribution in [1.82, 2.24) is 5.32 Å². The maximum absolute atomic E-state index is 12.7. The highest BCUT2D eigenvalue weighted by Gasteiger charge is 2.25. The van der Waals surface area contributed by atoms with Gasteiger partial charge in [-0.05, 0) is 60.4 Å². The van der Waals surface area contributed by atoms with Crippen LogP contribution in [0.5, 0.6) is 0 Å². The molecule has 0 aliphatic carbocycles. The summed E-state index contributed by atoms with van der Waals surface area (Å²) in [5, 5.41) is 7.65. The van der Waals surface area contributed by atoms with Crippen molar-refractivity contribution in [2.24, 2.45) is 11.8 Å². The first-order valence-electron chi connectivity index (χ1n) is 9.94. The Balaban J connectivity index is 1.60. The number of carbonyl (C=O) groups excluding carboxylic acids is 2. The van der Waals surface area contributed by atoms with Crippen molar-refractivity contribution in [2.45, 2.75) is 39.7 Å². The zero-order chi connectivity index (χ0) is 20.1. The Morgan fingerprint density at radius 2 is 1.79 bits per heavy atom. The van der Waals surface area contributed by atoms with Gasteiger partial charge in [0.2, 0.25) is 5.91 Å². The molecule has 1 fully saturated rings. The van der Waals surface area contributed by atoms with Gasteiger partial charge < -0.3 is 15.5 Å². The Labute approximate surface area is 171 Å². The molecule has 150 valence electrons. The minimum atomic E-state index is -0.585. The highest BCUT2D eigenvalue weighted by atomic mass is 32.1. The van der Waals surface area contributed by atoms with E-state index in [9.17, 15) is 9.59 Å². The molecule has 1 atom stereocenters. The number of piperidine rings is 1. The summed E-state index contributed by atoms with van der Waals surface area (Å²) in [6, 6.07) is 11.0. The summed E-state index contributed by atoms with van der Waals surface area (Å²) in [7, 11) is 0. The van der Waals surface area contributed by atoms with Gasteiger partial charge in [-0.15, -0.1) is 11.3 Å². The second-order valence-electron chi connectivity index (χ2n) is 7.88. The van der Waals surface area contributed by atoms with E-state index < -0.39 is 6.04 Å². The number of rotatable bonds is 6. The molecule has 0 unspecified atom stereocenters. The van der Waals surface area contributed by atoms with Crippen LogP contribution in [0.25, 0.3) is 0 Å². The van der Waals surface area contributed by atoms with Crippen LogP contribution < -0.4 is 15.5 Å². The molecular weight excluding hydrogens is 370 g/mol. The standard InChI is InChI=1S/C22H29N3O2S/c1-15(2)20(24-21(26)19-5-4-14-28-19)22(27)23-17-6-8-18(9-7-17)25-12-10-16(3)11-13-25/h4-9,14-16,20H,10-13H2,1-3H3,(H,23,27)(H,24,26)/t20-/m1/s1. The first-order chi connectivity index (χ1) is 13.4. The molecule has 2 aromatic rings. The van der Waals surface area contributed by atoms with Gasteiger partial charge in [0.1, 0.15) is 6.04 Å². The minimum Gasteiger partial charge on any atom is -0.372 e. The second kappa shape index (κ2) is 9.24. The molecule has 1 aliphatic heterocycles. The van der Waals surface area contributed by atoms with Gasteiger partial charge in [0.25, 0.3) is 5.91 Å². The summed E-state index contributed by atoms with van der Waals surface area (Å²) >= 11 is 1.37. The summed E-state index contributed by atoms with van der Waals surface area (Å²) in [5.74, 6) is 0.378. The smallest absolute Gasteiger partial charge is 0.262 e. The van der Waals surface area contributed by atoms with Crippen LogP contribution in [0.1, 0.15) is 43.3 Å². The predicted molar refractivity (Wildman–Crippen MR) is 116 cm³/mol. The molecule has 0 radical (unpaired) electrons. The van der Waals surface area contributed by atoms with Crippen molar-refractivity contribution in [3.8, 4) is 0 Å². The van der Waals surface area contributed by atoms with Gasteiger partial charge in [-0.1, -0.05) is 26.8 Å². The Morgan fingerprint density at radius 3 is 2.36 bits per heavy atom. The van der Waals surface area contributed by atoms with Gasteiger partial charge in [0, 0.05) is 24.5 Å². The van der Waals surface area contributed by atoms with Crippen molar-refractivity contribution >= 4 is 34.5 Å². The average molecular weight is 400 g/mol. The van der Waals surface area contributed by atoms with E-state index in [1.54, 1.807) is 6.07 Å². The van der Waals surface area contributed by atoms with Crippen LogP contribution in [0.2, 0.25) is 0 Å². The summed E-state index contributed by atoms with van der Waals surface area (Å²) in [6.45, 7) is 8.32. The third-order valence-corrected chi connectivity index (χ3v) is 6.13. The van der Waals surface area contributed by atoms with Crippen molar-refractivity contribution in [1.29, 1.82) is 0 Å². The van der Waals surface area contributed by atoms with Crippen LogP contribution in [-0.4, -0.2) is 30.9 Å². The van der Waals surface area contributed by atoms with Crippen molar-refractivity contribution in [2.75, 3.05) is 23.3 Å². The molecular formula is C22H29N3O2S. The highest BCUT2D eigenvalue weighted by Crippen LogP contribution is 2.24. The van der Waals surface area contributed by atoms with E-state index in [0.29, 0.717) is 4.88 Å². The number of anilines is 2. The van der Waals surface area contributed by atoms with Gasteiger partial charge >= 0.3 is 0 Å². The van der Waals surface area contributed by atoms with E-state index in [1.807, 2.05) is 37.4 Å². The SMILES string of the molecule is CC1CCN(c2ccc(NC(=O)[C@H](NC(=O)c3cccs3)C(C)C)cc2)CC1. The minimum absolute atomic E-state index is 0.0153. The van der Waals surface area contributed by atoms with Crippen LogP contribution >= 0.6 is 11.3 Å². The molecule has 1 saturated heterocycles. The molecule has 5 nitrogen and oxygen atoms in total. The fourth-order valence-corrected chi connectivity index (χ4v) is 4.02. The molecule has 28 heavy (non-hydrogen) atoms. The van der Waals surface area contributed by atoms with Crippen molar-refractivity contribution in [3.63, 3.8) is 0 Å². The van der Waals surface area contributed by atoms with Crippen LogP contribution in [0, 0.1) is 11.8 Å². The lowest BCUT2D eigenvalue weighted by molar-refractivity contribution is -0.118. The fourth-order valence-electron chi connectivity index (χ4n) is 3.40. The molecule has 0 spiro atoms. The Morgan fingerprint density at radius 1 is 1.11 bits per heavy atom. The highest BCUT2D eigenvalue weighted by molar-refractivity contribution is 7.12. The molecule has 1 aliphatic rings. The summed E-state index contributed by atoms with van der Waals surface area (Å²) < 4.78 is 0. The zero-order valence-electron chi connectivity index (χ0n) is 16.8. The first kappa shape index (κ1) is 20.4. The summed E-state index contributed by atoms with van der Waals surface area (Å²) in [4.78, 5) is 28.1. The Hall–Kier alpha value is -2.34. The molecule has 1 aromatic heterocycles. The molecule has 2 heterocycles. The van der Waals surface area contributed by atoms with Crippen LogP contribution in [0.15, 0.2) is 41.8 Å². The van der Waals surface area contributed by atoms with E-state index in [-0.39, 0.29) is 17.7 Å². The number of hydrogen-bond donors (Lipinski definition) is 2. The third-order valence-electron chi connectivity index (χ3n) is 5.26. The van der Waals surface area contributed by atoms with Gasteiger partial charge in [0.05, 0.1) is 4.88 Å². The van der Waals surface area contributed by atoms with E-state index >= 15 is 0 Å². The maximum atomic E-state index is 12.7. The molecule has 0 bridgehead atoms. The summed E-state index contributed by atoms with van der Waals surface area (Å²) in [6.07, 6.45) is 2.44. The van der Waals surface area contributed by atoms with E-state index in [2.05, 4.69) is 34.6 Å². The Kier molecular flexibility index (Phi) is 6.73. The summed E-state index contributed by atoms with van der Waals surface area (Å²) in [5.41, 5.74) is 1.94. The average Bonchev–Trinajstić information content (AvgIpc) is 3.22. The van der Waals surface area contributed by atoms with E-state index in [4.69, 9.17) is 0 Å². The lowest BCUT2D eigenvalue weighted by Gasteiger charge is -2.32. The van der Waals surface area contributed by atoms with Crippen molar-refractivity contribution < 1.29 is 9.59 Å². The number of thiophene rings is 1. The van der Waals surface area contributed by atoms with Gasteiger partial charge in [-0.3, -0.25) is 9.59 Å². The largest absolute Gasteiger partial charge is 0.372 e. The number of carbonyl (C=O) groups is 2.